The summed E-state index contributed by atoms with van der Waals surface area (Å²) in [4.78, 5) is 16.8. The molecule has 0 aliphatic carbocycles. The Kier molecular flexibility index (Phi) is 3.75. The van der Waals surface area contributed by atoms with Crippen molar-refractivity contribution in [2.75, 3.05) is 0 Å². The van der Waals surface area contributed by atoms with Gasteiger partial charge in [-0.2, -0.15) is 13.2 Å². The summed E-state index contributed by atoms with van der Waals surface area (Å²) in [5, 5.41) is 0. The zero-order valence-electron chi connectivity index (χ0n) is 7.76. The largest absolute Gasteiger partial charge is 0.470 e. The quantitative estimate of drug-likeness (QED) is 0.815. The van der Waals surface area contributed by atoms with Crippen LogP contribution in [0.4, 0.5) is 13.2 Å². The van der Waals surface area contributed by atoms with E-state index in [9.17, 15) is 17.7 Å². The standard InChI is InChI=1S/C8H8F3O4P/c9-8(10,11)7(15-16(12,13)14)6-4-2-1-3-5-6/h1-5,7H,(H2,12,13,14). The van der Waals surface area contributed by atoms with E-state index in [1.807, 2.05) is 0 Å². The molecule has 8 heteroatoms. The van der Waals surface area contributed by atoms with Gasteiger partial charge in [0.1, 0.15) is 0 Å². The van der Waals surface area contributed by atoms with Crippen LogP contribution in [0.1, 0.15) is 11.7 Å². The highest BCUT2D eigenvalue weighted by atomic mass is 31.2. The fourth-order valence-electron chi connectivity index (χ4n) is 1.07. The van der Waals surface area contributed by atoms with Crippen molar-refractivity contribution in [3.8, 4) is 0 Å². The molecule has 2 N–H and O–H groups in total. The van der Waals surface area contributed by atoms with Crippen molar-refractivity contribution in [1.29, 1.82) is 0 Å². The van der Waals surface area contributed by atoms with E-state index >= 15 is 0 Å². The molecule has 0 saturated carbocycles. The number of phosphoric acid groups is 1. The van der Waals surface area contributed by atoms with Gasteiger partial charge in [0.05, 0.1) is 0 Å². The smallest absolute Gasteiger partial charge is 0.303 e. The van der Waals surface area contributed by atoms with Gasteiger partial charge in [0.25, 0.3) is 0 Å². The molecule has 1 aromatic rings. The van der Waals surface area contributed by atoms with Gasteiger partial charge in [0.15, 0.2) is 6.10 Å². The van der Waals surface area contributed by atoms with Crippen LogP contribution in [0.5, 0.6) is 0 Å². The van der Waals surface area contributed by atoms with Gasteiger partial charge in [-0.1, -0.05) is 30.3 Å². The number of phosphoric ester groups is 1. The molecule has 0 bridgehead atoms. The molecule has 0 fully saturated rings. The zero-order valence-corrected chi connectivity index (χ0v) is 8.65. The molecular formula is C8H8F3O4P. The van der Waals surface area contributed by atoms with E-state index in [2.05, 4.69) is 4.52 Å². The SMILES string of the molecule is O=P(O)(O)OC(c1ccccc1)C(F)(F)F. The molecule has 1 rings (SSSR count). The van der Waals surface area contributed by atoms with E-state index in [0.29, 0.717) is 0 Å². The molecule has 1 unspecified atom stereocenters. The average Bonchev–Trinajstić information content (AvgIpc) is 2.13. The summed E-state index contributed by atoms with van der Waals surface area (Å²) in [7, 11) is -5.20. The first-order chi connectivity index (χ1) is 7.20. The third-order valence-electron chi connectivity index (χ3n) is 1.64. The first-order valence-corrected chi connectivity index (χ1v) is 5.59. The molecule has 0 heterocycles. The van der Waals surface area contributed by atoms with E-state index in [1.54, 1.807) is 0 Å². The monoisotopic (exact) mass is 256 g/mol. The van der Waals surface area contributed by atoms with Gasteiger partial charge < -0.3 is 9.79 Å². The summed E-state index contributed by atoms with van der Waals surface area (Å²) in [5.41, 5.74) is -0.363. The Hall–Kier alpha value is -0.880. The van der Waals surface area contributed by atoms with E-state index < -0.39 is 20.1 Å². The Morgan fingerprint density at radius 3 is 2.06 bits per heavy atom. The molecule has 4 nitrogen and oxygen atoms in total. The Labute approximate surface area is 88.9 Å². The number of benzene rings is 1. The fraction of sp³-hybridized carbons (Fsp3) is 0.250. The molecular weight excluding hydrogens is 248 g/mol. The maximum atomic E-state index is 12.5. The van der Waals surface area contributed by atoms with Crippen LogP contribution in [0.2, 0.25) is 0 Å². The highest BCUT2D eigenvalue weighted by Gasteiger charge is 2.45. The second kappa shape index (κ2) is 4.55. The summed E-state index contributed by atoms with van der Waals surface area (Å²) in [5.74, 6) is 0. The van der Waals surface area contributed by atoms with Crippen LogP contribution in [0.25, 0.3) is 0 Å². The van der Waals surface area contributed by atoms with Gasteiger partial charge >= 0.3 is 14.0 Å². The van der Waals surface area contributed by atoms with Crippen LogP contribution in [-0.4, -0.2) is 16.0 Å². The molecule has 90 valence electrons. The zero-order chi connectivity index (χ0) is 12.4. The Bertz CT molecular complexity index is 386. The highest BCUT2D eigenvalue weighted by Crippen LogP contribution is 2.48. The third-order valence-corrected chi connectivity index (χ3v) is 2.13. The van der Waals surface area contributed by atoms with Crippen LogP contribution >= 0.6 is 7.82 Å². The molecule has 0 aromatic heterocycles. The van der Waals surface area contributed by atoms with Crippen LogP contribution in [0.3, 0.4) is 0 Å². The lowest BCUT2D eigenvalue weighted by molar-refractivity contribution is -0.202. The first-order valence-electron chi connectivity index (χ1n) is 4.06. The Morgan fingerprint density at radius 2 is 1.69 bits per heavy atom. The number of hydrogen-bond donors (Lipinski definition) is 2. The topological polar surface area (TPSA) is 66.8 Å². The van der Waals surface area contributed by atoms with Crippen LogP contribution in [-0.2, 0) is 9.09 Å². The second-order valence-corrected chi connectivity index (χ2v) is 4.12. The molecule has 16 heavy (non-hydrogen) atoms. The lowest BCUT2D eigenvalue weighted by Gasteiger charge is -2.21. The first kappa shape index (κ1) is 13.2. The van der Waals surface area contributed by atoms with E-state index in [0.717, 1.165) is 12.1 Å². The maximum absolute atomic E-state index is 12.5. The minimum atomic E-state index is -5.20. The van der Waals surface area contributed by atoms with Crippen LogP contribution in [0, 0.1) is 0 Å². The van der Waals surface area contributed by atoms with E-state index in [-0.39, 0.29) is 5.56 Å². The van der Waals surface area contributed by atoms with Gasteiger partial charge in [-0.3, -0.25) is 4.52 Å². The minimum absolute atomic E-state index is 0.363. The predicted octanol–water partition coefficient (Wildman–Crippen LogP) is 2.40. The highest BCUT2D eigenvalue weighted by molar-refractivity contribution is 7.46. The van der Waals surface area contributed by atoms with Crippen molar-refractivity contribution in [2.45, 2.75) is 12.3 Å². The number of halogens is 3. The Morgan fingerprint density at radius 1 is 1.19 bits per heavy atom. The van der Waals surface area contributed by atoms with Crippen molar-refractivity contribution in [2.24, 2.45) is 0 Å². The number of hydrogen-bond acceptors (Lipinski definition) is 2. The fourth-order valence-corrected chi connectivity index (χ4v) is 1.59. The molecule has 1 atom stereocenters. The van der Waals surface area contributed by atoms with E-state index in [1.165, 1.54) is 18.2 Å². The van der Waals surface area contributed by atoms with Crippen LogP contribution < -0.4 is 0 Å². The molecule has 0 saturated heterocycles. The molecule has 1 aromatic carbocycles. The minimum Gasteiger partial charge on any atom is -0.303 e. The van der Waals surface area contributed by atoms with Crippen molar-refractivity contribution < 1.29 is 32.0 Å². The normalized spacial score (nSPS) is 14.8. The molecule has 0 radical (unpaired) electrons. The summed E-state index contributed by atoms with van der Waals surface area (Å²) >= 11 is 0. The van der Waals surface area contributed by atoms with Crippen molar-refractivity contribution in [3.05, 3.63) is 35.9 Å². The summed E-state index contributed by atoms with van der Waals surface area (Å²) in [6.45, 7) is 0. The van der Waals surface area contributed by atoms with Gasteiger partial charge in [-0.05, 0) is 5.56 Å². The van der Waals surface area contributed by atoms with Crippen molar-refractivity contribution >= 4 is 7.82 Å². The predicted molar refractivity (Wildman–Crippen MR) is 48.4 cm³/mol. The van der Waals surface area contributed by atoms with Gasteiger partial charge in [-0.15, -0.1) is 0 Å². The van der Waals surface area contributed by atoms with Gasteiger partial charge in [0.2, 0.25) is 0 Å². The Balaban J connectivity index is 3.03. The maximum Gasteiger partial charge on any atom is 0.470 e. The summed E-state index contributed by atoms with van der Waals surface area (Å²) in [6.07, 6.45) is -7.52. The number of rotatable bonds is 3. The van der Waals surface area contributed by atoms with Gasteiger partial charge in [0, 0.05) is 0 Å². The summed E-state index contributed by atoms with van der Waals surface area (Å²) < 4.78 is 51.6. The third kappa shape index (κ3) is 3.94. The lowest BCUT2D eigenvalue weighted by atomic mass is 10.1. The van der Waals surface area contributed by atoms with E-state index in [4.69, 9.17) is 9.79 Å². The van der Waals surface area contributed by atoms with Crippen molar-refractivity contribution in [1.82, 2.24) is 0 Å². The average molecular weight is 256 g/mol. The number of alkyl halides is 3. The molecule has 0 aliphatic rings. The van der Waals surface area contributed by atoms with Crippen molar-refractivity contribution in [3.63, 3.8) is 0 Å². The van der Waals surface area contributed by atoms with Crippen LogP contribution in [0.15, 0.2) is 30.3 Å². The second-order valence-electron chi connectivity index (χ2n) is 2.93. The molecule has 0 aliphatic heterocycles. The molecule has 0 spiro atoms. The van der Waals surface area contributed by atoms with Gasteiger partial charge in [-0.25, -0.2) is 4.57 Å². The molecule has 0 amide bonds. The summed E-state index contributed by atoms with van der Waals surface area (Å²) in [6, 6.07) is 6.27. The lowest BCUT2D eigenvalue weighted by Crippen LogP contribution is -2.22.